The second kappa shape index (κ2) is 10.2. The Hall–Kier alpha value is -3.08. The van der Waals surface area contributed by atoms with Crippen LogP contribution in [-0.2, 0) is 32.3 Å². The lowest BCUT2D eigenvalue weighted by Gasteiger charge is -2.31. The highest BCUT2D eigenvalue weighted by Gasteiger charge is 2.33. The van der Waals surface area contributed by atoms with E-state index >= 15 is 0 Å². The summed E-state index contributed by atoms with van der Waals surface area (Å²) in [5.74, 6) is -1.21. The molecule has 0 saturated carbocycles. The molecule has 180 valence electrons. The Morgan fingerprint density at radius 2 is 1.70 bits per heavy atom. The van der Waals surface area contributed by atoms with E-state index in [9.17, 15) is 31.2 Å². The molecule has 2 rings (SSSR count). The Kier molecular flexibility index (Phi) is 8.12. The molecule has 0 radical (unpaired) electrons. The van der Waals surface area contributed by atoms with E-state index in [1.807, 2.05) is 19.1 Å². The number of benzene rings is 2. The van der Waals surface area contributed by atoms with Crippen molar-refractivity contribution in [1.29, 1.82) is 0 Å². The molecule has 2 amide bonds. The van der Waals surface area contributed by atoms with Crippen molar-refractivity contribution in [3.63, 3.8) is 0 Å². The molecule has 33 heavy (non-hydrogen) atoms. The summed E-state index contributed by atoms with van der Waals surface area (Å²) in [5.41, 5.74) is 0.346. The van der Waals surface area contributed by atoms with Crippen LogP contribution in [0.1, 0.15) is 23.6 Å². The number of hydrogen-bond donors (Lipinski definition) is 1. The molecule has 11 heteroatoms. The first-order valence-electron chi connectivity index (χ1n) is 9.95. The first kappa shape index (κ1) is 26.2. The van der Waals surface area contributed by atoms with E-state index in [-0.39, 0.29) is 12.2 Å². The van der Waals surface area contributed by atoms with E-state index in [2.05, 4.69) is 5.32 Å². The van der Waals surface area contributed by atoms with Gasteiger partial charge in [-0.05, 0) is 37.6 Å². The second-order valence-corrected chi connectivity index (χ2v) is 9.52. The number of alkyl halides is 3. The first-order chi connectivity index (χ1) is 15.2. The zero-order valence-electron chi connectivity index (χ0n) is 18.7. The molecule has 1 atom stereocenters. The number of hydrogen-bond acceptors (Lipinski definition) is 4. The summed E-state index contributed by atoms with van der Waals surface area (Å²) in [6.07, 6.45) is -3.89. The van der Waals surface area contributed by atoms with Gasteiger partial charge in [-0.1, -0.05) is 35.9 Å². The molecule has 0 bridgehead atoms. The third kappa shape index (κ3) is 6.95. The molecule has 1 N–H and O–H groups in total. The van der Waals surface area contributed by atoms with Crippen molar-refractivity contribution < 1.29 is 31.2 Å². The smallest absolute Gasteiger partial charge is 0.357 e. The Bertz CT molecular complexity index is 1100. The van der Waals surface area contributed by atoms with Crippen molar-refractivity contribution >= 4 is 27.5 Å². The van der Waals surface area contributed by atoms with E-state index < -0.39 is 46.2 Å². The normalized spacial score (nSPS) is 12.7. The minimum Gasteiger partial charge on any atom is -0.357 e. The van der Waals surface area contributed by atoms with E-state index in [0.717, 1.165) is 24.0 Å². The van der Waals surface area contributed by atoms with E-state index in [1.54, 1.807) is 12.1 Å². The van der Waals surface area contributed by atoms with Gasteiger partial charge in [0, 0.05) is 13.6 Å². The maximum absolute atomic E-state index is 13.2. The number of sulfonamides is 1. The van der Waals surface area contributed by atoms with Crippen LogP contribution in [0.4, 0.5) is 18.9 Å². The fraction of sp³-hybridized carbons (Fsp3) is 0.364. The highest BCUT2D eigenvalue weighted by Crippen LogP contribution is 2.32. The number of amides is 2. The summed E-state index contributed by atoms with van der Waals surface area (Å²) in [4.78, 5) is 26.6. The first-order valence-corrected chi connectivity index (χ1v) is 11.8. The van der Waals surface area contributed by atoms with Gasteiger partial charge in [-0.2, -0.15) is 13.2 Å². The predicted octanol–water partition coefficient (Wildman–Crippen LogP) is 2.94. The Morgan fingerprint density at radius 1 is 1.09 bits per heavy atom. The molecule has 0 saturated heterocycles. The van der Waals surface area contributed by atoms with E-state index in [0.29, 0.717) is 15.9 Å². The van der Waals surface area contributed by atoms with Crippen LogP contribution in [0.5, 0.6) is 0 Å². The zero-order chi connectivity index (χ0) is 25.0. The number of rotatable bonds is 8. The highest BCUT2D eigenvalue weighted by molar-refractivity contribution is 7.92. The maximum Gasteiger partial charge on any atom is 0.416 e. The van der Waals surface area contributed by atoms with Gasteiger partial charge in [0.05, 0.1) is 17.5 Å². The number of nitrogens with zero attached hydrogens (tertiary/aromatic N) is 2. The van der Waals surface area contributed by atoms with Gasteiger partial charge in [-0.15, -0.1) is 0 Å². The van der Waals surface area contributed by atoms with E-state index in [1.165, 1.54) is 24.9 Å². The van der Waals surface area contributed by atoms with Gasteiger partial charge in [-0.3, -0.25) is 13.9 Å². The molecule has 0 fully saturated rings. The van der Waals surface area contributed by atoms with Crippen LogP contribution in [0.2, 0.25) is 0 Å². The van der Waals surface area contributed by atoms with Crippen molar-refractivity contribution in [3.8, 4) is 0 Å². The zero-order valence-corrected chi connectivity index (χ0v) is 19.5. The maximum atomic E-state index is 13.2. The molecule has 0 aliphatic rings. The minimum absolute atomic E-state index is 0.00783. The summed E-state index contributed by atoms with van der Waals surface area (Å²) in [6, 6.07) is 9.97. The summed E-state index contributed by atoms with van der Waals surface area (Å²) in [6.45, 7) is 2.61. The average Bonchev–Trinajstić information content (AvgIpc) is 2.74. The number of aryl methyl sites for hydroxylation is 1. The van der Waals surface area contributed by atoms with Gasteiger partial charge in [0.25, 0.3) is 0 Å². The van der Waals surface area contributed by atoms with Crippen LogP contribution < -0.4 is 9.62 Å². The number of halogens is 3. The molecule has 0 spiro atoms. The van der Waals surface area contributed by atoms with Crippen LogP contribution in [0.3, 0.4) is 0 Å². The number of likely N-dealkylation sites (N-methyl/N-ethyl adjacent to an activating group) is 1. The molecule has 2 aromatic rings. The lowest BCUT2D eigenvalue weighted by molar-refractivity contribution is -0.139. The molecule has 0 aromatic heterocycles. The number of carbonyl (C=O) groups is 2. The van der Waals surface area contributed by atoms with Crippen LogP contribution in [0.25, 0.3) is 0 Å². The number of nitrogens with one attached hydrogen (secondary N) is 1. The van der Waals surface area contributed by atoms with Gasteiger partial charge < -0.3 is 10.2 Å². The third-order valence-corrected chi connectivity index (χ3v) is 6.17. The molecular formula is C22H26F3N3O4S. The molecule has 0 aliphatic heterocycles. The van der Waals surface area contributed by atoms with E-state index in [4.69, 9.17) is 0 Å². The SMILES string of the molecule is CNC(=O)[C@@H](C)N(Cc1ccc(C)cc1)C(=O)CN(c1cccc(C(F)(F)F)c1)S(C)(=O)=O. The Labute approximate surface area is 191 Å². The Morgan fingerprint density at radius 3 is 2.21 bits per heavy atom. The Balaban J connectivity index is 2.42. The lowest BCUT2D eigenvalue weighted by Crippen LogP contribution is -2.50. The summed E-state index contributed by atoms with van der Waals surface area (Å²) >= 11 is 0. The van der Waals surface area contributed by atoms with Gasteiger partial charge in [0.15, 0.2) is 0 Å². The summed E-state index contributed by atoms with van der Waals surface area (Å²) < 4.78 is 64.8. The molecule has 0 aliphatic carbocycles. The molecule has 7 nitrogen and oxygen atoms in total. The van der Waals surface area contributed by atoms with Crippen molar-refractivity contribution in [2.24, 2.45) is 0 Å². The average molecular weight is 486 g/mol. The fourth-order valence-electron chi connectivity index (χ4n) is 3.13. The van der Waals surface area contributed by atoms with Crippen molar-refractivity contribution in [1.82, 2.24) is 10.2 Å². The van der Waals surface area contributed by atoms with Gasteiger partial charge in [-0.25, -0.2) is 8.42 Å². The third-order valence-electron chi connectivity index (χ3n) is 5.03. The molecular weight excluding hydrogens is 459 g/mol. The predicted molar refractivity (Wildman–Crippen MR) is 119 cm³/mol. The highest BCUT2D eigenvalue weighted by atomic mass is 32.2. The van der Waals surface area contributed by atoms with Crippen molar-refractivity contribution in [2.45, 2.75) is 32.6 Å². The van der Waals surface area contributed by atoms with Gasteiger partial charge in [0.2, 0.25) is 21.8 Å². The monoisotopic (exact) mass is 485 g/mol. The van der Waals surface area contributed by atoms with Crippen molar-refractivity contribution in [2.75, 3.05) is 24.2 Å². The number of anilines is 1. The quantitative estimate of drug-likeness (QED) is 0.623. The molecule has 2 aromatic carbocycles. The summed E-state index contributed by atoms with van der Waals surface area (Å²) in [7, 11) is -2.72. The molecule has 0 heterocycles. The minimum atomic E-state index is -4.69. The van der Waals surface area contributed by atoms with Crippen LogP contribution in [0.15, 0.2) is 48.5 Å². The lowest BCUT2D eigenvalue weighted by atomic mass is 10.1. The van der Waals surface area contributed by atoms with Crippen LogP contribution in [-0.4, -0.2) is 51.0 Å². The standard InChI is InChI=1S/C22H26F3N3O4S/c1-15-8-10-17(11-9-15)13-27(16(2)21(30)26-3)20(29)14-28(33(4,31)32)19-7-5-6-18(12-19)22(23,24)25/h5-12,16H,13-14H2,1-4H3,(H,26,30)/t16-/m1/s1. The topological polar surface area (TPSA) is 86.8 Å². The van der Waals surface area contributed by atoms with Gasteiger partial charge >= 0.3 is 6.18 Å². The van der Waals surface area contributed by atoms with Crippen LogP contribution in [0, 0.1) is 6.92 Å². The molecule has 0 unspecified atom stereocenters. The van der Waals surface area contributed by atoms with Gasteiger partial charge in [0.1, 0.15) is 12.6 Å². The number of carbonyl (C=O) groups excluding carboxylic acids is 2. The largest absolute Gasteiger partial charge is 0.416 e. The second-order valence-electron chi connectivity index (χ2n) is 7.62. The van der Waals surface area contributed by atoms with Crippen molar-refractivity contribution in [3.05, 3.63) is 65.2 Å². The fourth-order valence-corrected chi connectivity index (χ4v) is 3.97. The summed E-state index contributed by atoms with van der Waals surface area (Å²) in [5, 5.41) is 2.44. The van der Waals surface area contributed by atoms with Crippen LogP contribution >= 0.6 is 0 Å².